The van der Waals surface area contributed by atoms with Crippen molar-refractivity contribution in [1.29, 1.82) is 0 Å². The summed E-state index contributed by atoms with van der Waals surface area (Å²) in [6.45, 7) is 6.24. The zero-order chi connectivity index (χ0) is 10.7. The molecule has 2 heteroatoms. The zero-order valence-electron chi connectivity index (χ0n) is 8.76. The summed E-state index contributed by atoms with van der Waals surface area (Å²) in [4.78, 5) is 0. The topological polar surface area (TPSA) is 20.2 Å². The van der Waals surface area contributed by atoms with E-state index in [0.717, 1.165) is 16.5 Å². The number of hydrogen-bond acceptors (Lipinski definition) is 1. The van der Waals surface area contributed by atoms with Gasteiger partial charge in [0.25, 0.3) is 0 Å². The third-order valence-electron chi connectivity index (χ3n) is 2.27. The van der Waals surface area contributed by atoms with Gasteiger partial charge in [-0.05, 0) is 47.8 Å². The standard InChI is InChI=1S/C12H15BrO/c1-4-9(8(2)3)10-6-5-7-11(13)12(10)14/h5-7,14H,4H2,1-3H3. The SMILES string of the molecule is CCC(=C(C)C)c1cccc(Br)c1O. The van der Waals surface area contributed by atoms with Gasteiger partial charge < -0.3 is 5.11 Å². The molecule has 0 atom stereocenters. The lowest BCUT2D eigenvalue weighted by molar-refractivity contribution is 0.470. The van der Waals surface area contributed by atoms with Crippen molar-refractivity contribution in [1.82, 2.24) is 0 Å². The fourth-order valence-electron chi connectivity index (χ4n) is 1.57. The molecule has 0 heterocycles. The summed E-state index contributed by atoms with van der Waals surface area (Å²) in [6, 6.07) is 5.74. The van der Waals surface area contributed by atoms with Crippen LogP contribution in [0.25, 0.3) is 5.57 Å². The second kappa shape index (κ2) is 4.65. The molecule has 0 aliphatic heterocycles. The fourth-order valence-corrected chi connectivity index (χ4v) is 1.94. The summed E-state index contributed by atoms with van der Waals surface area (Å²) in [6.07, 6.45) is 0.937. The Labute approximate surface area is 93.6 Å². The summed E-state index contributed by atoms with van der Waals surface area (Å²) in [5.41, 5.74) is 3.39. The van der Waals surface area contributed by atoms with Crippen molar-refractivity contribution in [3.05, 3.63) is 33.8 Å². The lowest BCUT2D eigenvalue weighted by Gasteiger charge is -2.10. The van der Waals surface area contributed by atoms with Crippen LogP contribution in [0, 0.1) is 0 Å². The molecule has 76 valence electrons. The van der Waals surface area contributed by atoms with E-state index in [0.29, 0.717) is 5.75 Å². The van der Waals surface area contributed by atoms with Gasteiger partial charge in [0.05, 0.1) is 4.47 Å². The Bertz CT molecular complexity index is 363. The molecule has 14 heavy (non-hydrogen) atoms. The Kier molecular flexibility index (Phi) is 3.76. The van der Waals surface area contributed by atoms with E-state index in [4.69, 9.17) is 0 Å². The Hall–Kier alpha value is -0.760. The first-order valence-corrected chi connectivity index (χ1v) is 5.51. The van der Waals surface area contributed by atoms with Gasteiger partial charge >= 0.3 is 0 Å². The third-order valence-corrected chi connectivity index (χ3v) is 2.91. The highest BCUT2D eigenvalue weighted by Gasteiger charge is 2.08. The quantitative estimate of drug-likeness (QED) is 0.832. The van der Waals surface area contributed by atoms with E-state index < -0.39 is 0 Å². The van der Waals surface area contributed by atoms with Crippen molar-refractivity contribution < 1.29 is 5.11 Å². The number of benzene rings is 1. The van der Waals surface area contributed by atoms with Crippen LogP contribution in [0.3, 0.4) is 0 Å². The average molecular weight is 255 g/mol. The predicted molar refractivity (Wildman–Crippen MR) is 64.4 cm³/mol. The Morgan fingerprint density at radius 3 is 2.50 bits per heavy atom. The molecule has 0 aliphatic carbocycles. The lowest BCUT2D eigenvalue weighted by atomic mass is 9.98. The molecular weight excluding hydrogens is 240 g/mol. The number of halogens is 1. The first-order valence-electron chi connectivity index (χ1n) is 4.72. The molecule has 1 aromatic carbocycles. The highest BCUT2D eigenvalue weighted by atomic mass is 79.9. The van der Waals surface area contributed by atoms with Gasteiger partial charge in [0.1, 0.15) is 5.75 Å². The van der Waals surface area contributed by atoms with Crippen LogP contribution in [0.2, 0.25) is 0 Å². The molecular formula is C12H15BrO. The van der Waals surface area contributed by atoms with Crippen molar-refractivity contribution in [2.45, 2.75) is 27.2 Å². The van der Waals surface area contributed by atoms with Crippen LogP contribution in [0.5, 0.6) is 5.75 Å². The van der Waals surface area contributed by atoms with Crippen molar-refractivity contribution in [3.63, 3.8) is 0 Å². The summed E-state index contributed by atoms with van der Waals surface area (Å²) >= 11 is 3.32. The van der Waals surface area contributed by atoms with Crippen LogP contribution in [0.1, 0.15) is 32.8 Å². The van der Waals surface area contributed by atoms with Crippen LogP contribution in [-0.2, 0) is 0 Å². The van der Waals surface area contributed by atoms with Crippen LogP contribution in [-0.4, -0.2) is 5.11 Å². The van der Waals surface area contributed by atoms with Gasteiger partial charge in [-0.2, -0.15) is 0 Å². The second-order valence-corrected chi connectivity index (χ2v) is 4.32. The van der Waals surface area contributed by atoms with Gasteiger partial charge in [-0.15, -0.1) is 0 Å². The van der Waals surface area contributed by atoms with Gasteiger partial charge in [-0.1, -0.05) is 24.6 Å². The maximum atomic E-state index is 9.87. The normalized spacial score (nSPS) is 10.0. The molecule has 0 aliphatic rings. The number of allylic oxidation sites excluding steroid dienone is 2. The number of phenols is 1. The van der Waals surface area contributed by atoms with Crippen molar-refractivity contribution in [2.75, 3.05) is 0 Å². The van der Waals surface area contributed by atoms with Gasteiger partial charge in [0.15, 0.2) is 0 Å². The summed E-state index contributed by atoms with van der Waals surface area (Å²) in [7, 11) is 0. The van der Waals surface area contributed by atoms with Crippen LogP contribution in [0.4, 0.5) is 0 Å². The summed E-state index contributed by atoms with van der Waals surface area (Å²) in [5.74, 6) is 0.338. The summed E-state index contributed by atoms with van der Waals surface area (Å²) < 4.78 is 0.752. The molecule has 0 spiro atoms. The third kappa shape index (κ3) is 2.18. The molecule has 1 N–H and O–H groups in total. The van der Waals surface area contributed by atoms with Crippen LogP contribution >= 0.6 is 15.9 Å². The van der Waals surface area contributed by atoms with Crippen LogP contribution in [0.15, 0.2) is 28.2 Å². The molecule has 0 aromatic heterocycles. The Balaban J connectivity index is 3.32. The largest absolute Gasteiger partial charge is 0.506 e. The number of phenolic OH excluding ortho intramolecular Hbond substituents is 1. The van der Waals surface area contributed by atoms with Crippen molar-refractivity contribution in [3.8, 4) is 5.75 Å². The first kappa shape index (κ1) is 11.3. The van der Waals surface area contributed by atoms with E-state index in [9.17, 15) is 5.11 Å². The highest BCUT2D eigenvalue weighted by Crippen LogP contribution is 2.34. The smallest absolute Gasteiger partial charge is 0.137 e. The molecule has 0 bridgehead atoms. The van der Waals surface area contributed by atoms with Gasteiger partial charge in [0, 0.05) is 5.56 Å². The maximum absolute atomic E-state index is 9.87. The van der Waals surface area contributed by atoms with Gasteiger partial charge in [-0.25, -0.2) is 0 Å². The lowest BCUT2D eigenvalue weighted by Crippen LogP contribution is -1.87. The Morgan fingerprint density at radius 2 is 2.00 bits per heavy atom. The molecule has 0 saturated carbocycles. The highest BCUT2D eigenvalue weighted by molar-refractivity contribution is 9.10. The number of hydrogen-bond donors (Lipinski definition) is 1. The van der Waals surface area contributed by atoms with Gasteiger partial charge in [0.2, 0.25) is 0 Å². The molecule has 1 aromatic rings. The van der Waals surface area contributed by atoms with E-state index in [1.54, 1.807) is 0 Å². The van der Waals surface area contributed by atoms with Crippen LogP contribution < -0.4 is 0 Å². The van der Waals surface area contributed by atoms with E-state index >= 15 is 0 Å². The molecule has 0 amide bonds. The zero-order valence-corrected chi connectivity index (χ0v) is 10.4. The predicted octanol–water partition coefficient (Wildman–Crippen LogP) is 4.36. The monoisotopic (exact) mass is 254 g/mol. The number of aromatic hydroxyl groups is 1. The minimum absolute atomic E-state index is 0.338. The number of para-hydroxylation sites is 1. The van der Waals surface area contributed by atoms with E-state index in [1.165, 1.54) is 11.1 Å². The second-order valence-electron chi connectivity index (χ2n) is 3.47. The minimum atomic E-state index is 0.338. The summed E-state index contributed by atoms with van der Waals surface area (Å²) in [5, 5.41) is 9.87. The number of rotatable bonds is 2. The molecule has 0 fully saturated rings. The van der Waals surface area contributed by atoms with Gasteiger partial charge in [-0.3, -0.25) is 0 Å². The molecule has 1 rings (SSSR count). The molecule has 1 nitrogen and oxygen atoms in total. The van der Waals surface area contributed by atoms with Crippen molar-refractivity contribution in [2.24, 2.45) is 0 Å². The fraction of sp³-hybridized carbons (Fsp3) is 0.333. The van der Waals surface area contributed by atoms with E-state index in [-0.39, 0.29) is 0 Å². The van der Waals surface area contributed by atoms with E-state index in [1.807, 2.05) is 18.2 Å². The molecule has 0 unspecified atom stereocenters. The maximum Gasteiger partial charge on any atom is 0.137 e. The molecule has 0 saturated heterocycles. The molecule has 0 radical (unpaired) electrons. The van der Waals surface area contributed by atoms with E-state index in [2.05, 4.69) is 36.7 Å². The minimum Gasteiger partial charge on any atom is -0.506 e. The first-order chi connectivity index (χ1) is 6.57. The van der Waals surface area contributed by atoms with Crippen molar-refractivity contribution >= 4 is 21.5 Å². The Morgan fingerprint density at radius 1 is 1.36 bits per heavy atom. The average Bonchev–Trinajstić information content (AvgIpc) is 2.13.